The number of rotatable bonds is 3. The zero-order valence-electron chi connectivity index (χ0n) is 8.17. The molecule has 0 saturated carbocycles. The van der Waals surface area contributed by atoms with E-state index in [1.54, 1.807) is 0 Å². The molecular weight excluding hydrogens is 158 g/mol. The molecule has 13 heavy (non-hydrogen) atoms. The van der Waals surface area contributed by atoms with Gasteiger partial charge in [0.25, 0.3) is 0 Å². The summed E-state index contributed by atoms with van der Waals surface area (Å²) in [6.07, 6.45) is 6.45. The van der Waals surface area contributed by atoms with E-state index in [0.717, 1.165) is 6.42 Å². The molecule has 1 aromatic carbocycles. The summed E-state index contributed by atoms with van der Waals surface area (Å²) in [6, 6.07) is 8.31. The summed E-state index contributed by atoms with van der Waals surface area (Å²) in [7, 11) is 1.89. The second kappa shape index (κ2) is 4.69. The Kier molecular flexibility index (Phi) is 3.54. The van der Waals surface area contributed by atoms with Gasteiger partial charge in [-0.2, -0.15) is 0 Å². The van der Waals surface area contributed by atoms with Crippen molar-refractivity contribution in [3.63, 3.8) is 0 Å². The molecule has 1 atom stereocenters. The fourth-order valence-corrected chi connectivity index (χ4v) is 1.47. The van der Waals surface area contributed by atoms with Crippen molar-refractivity contribution in [3.05, 3.63) is 35.4 Å². The normalized spacial score (nSPS) is 12.1. The lowest BCUT2D eigenvalue weighted by Gasteiger charge is -2.13. The number of benzene rings is 1. The highest BCUT2D eigenvalue weighted by Gasteiger charge is 2.07. The fraction of sp³-hybridized carbons (Fsp3) is 0.333. The predicted octanol–water partition coefficient (Wildman–Crippen LogP) is 2.14. The molecule has 1 N–H and O–H groups in total. The molecule has 1 aromatic rings. The molecule has 0 spiro atoms. The summed E-state index contributed by atoms with van der Waals surface area (Å²) < 4.78 is 0. The zero-order valence-corrected chi connectivity index (χ0v) is 8.17. The van der Waals surface area contributed by atoms with Crippen LogP contribution in [0.4, 0.5) is 0 Å². The van der Waals surface area contributed by atoms with E-state index in [1.165, 1.54) is 11.1 Å². The smallest absolute Gasteiger partial charge is 0.0943 e. The number of hydrogen-bond donors (Lipinski definition) is 1. The molecule has 0 saturated heterocycles. The van der Waals surface area contributed by atoms with E-state index in [4.69, 9.17) is 6.42 Å². The van der Waals surface area contributed by atoms with Crippen molar-refractivity contribution in [2.45, 2.75) is 19.4 Å². The second-order valence-electron chi connectivity index (χ2n) is 2.94. The maximum atomic E-state index is 5.43. The summed E-state index contributed by atoms with van der Waals surface area (Å²) >= 11 is 0. The van der Waals surface area contributed by atoms with Crippen LogP contribution in [0, 0.1) is 12.3 Å². The summed E-state index contributed by atoms with van der Waals surface area (Å²) in [5, 5.41) is 3.11. The summed E-state index contributed by atoms with van der Waals surface area (Å²) in [4.78, 5) is 0. The Bertz CT molecular complexity index is 309. The Balaban J connectivity index is 3.05. The van der Waals surface area contributed by atoms with Gasteiger partial charge in [-0.15, -0.1) is 6.42 Å². The van der Waals surface area contributed by atoms with Crippen molar-refractivity contribution >= 4 is 0 Å². The SMILES string of the molecule is C#CC(NC)c1ccccc1CC. The van der Waals surface area contributed by atoms with Crippen LogP contribution in [0.25, 0.3) is 0 Å². The van der Waals surface area contributed by atoms with Gasteiger partial charge in [0.05, 0.1) is 6.04 Å². The van der Waals surface area contributed by atoms with E-state index in [1.807, 2.05) is 19.2 Å². The molecule has 0 fully saturated rings. The topological polar surface area (TPSA) is 12.0 Å². The number of aryl methyl sites for hydroxylation is 1. The third kappa shape index (κ3) is 2.11. The Hall–Kier alpha value is -1.26. The Morgan fingerprint density at radius 1 is 1.46 bits per heavy atom. The van der Waals surface area contributed by atoms with Crippen LogP contribution in [0.5, 0.6) is 0 Å². The first-order valence-corrected chi connectivity index (χ1v) is 4.54. The van der Waals surface area contributed by atoms with Gasteiger partial charge in [0, 0.05) is 0 Å². The number of terminal acetylenes is 1. The molecule has 0 radical (unpaired) electrons. The molecule has 1 rings (SSSR count). The van der Waals surface area contributed by atoms with E-state index in [0.29, 0.717) is 0 Å². The largest absolute Gasteiger partial charge is 0.303 e. The summed E-state index contributed by atoms with van der Waals surface area (Å²) in [5.74, 6) is 2.73. The van der Waals surface area contributed by atoms with Crippen molar-refractivity contribution in [1.29, 1.82) is 0 Å². The molecule has 1 unspecified atom stereocenters. The molecule has 0 aliphatic carbocycles. The quantitative estimate of drug-likeness (QED) is 0.690. The van der Waals surface area contributed by atoms with Crippen LogP contribution >= 0.6 is 0 Å². The van der Waals surface area contributed by atoms with Crippen molar-refractivity contribution in [2.24, 2.45) is 0 Å². The molecule has 1 nitrogen and oxygen atoms in total. The zero-order chi connectivity index (χ0) is 9.68. The highest BCUT2D eigenvalue weighted by molar-refractivity contribution is 5.34. The van der Waals surface area contributed by atoms with Crippen LogP contribution in [0.15, 0.2) is 24.3 Å². The first-order valence-electron chi connectivity index (χ1n) is 4.54. The third-order valence-electron chi connectivity index (χ3n) is 2.20. The van der Waals surface area contributed by atoms with Crippen molar-refractivity contribution in [1.82, 2.24) is 5.32 Å². The van der Waals surface area contributed by atoms with E-state index in [9.17, 15) is 0 Å². The lowest BCUT2D eigenvalue weighted by Crippen LogP contribution is -2.15. The predicted molar refractivity (Wildman–Crippen MR) is 56.5 cm³/mol. The van der Waals surface area contributed by atoms with E-state index in [-0.39, 0.29) is 6.04 Å². The molecular formula is C12H15N. The van der Waals surface area contributed by atoms with Gasteiger partial charge in [0.2, 0.25) is 0 Å². The summed E-state index contributed by atoms with van der Waals surface area (Å²) in [6.45, 7) is 2.14. The highest BCUT2D eigenvalue weighted by Crippen LogP contribution is 2.17. The maximum absolute atomic E-state index is 5.43. The standard InChI is InChI=1S/C12H15N/c1-4-10-8-6-7-9-11(10)12(5-2)13-3/h2,6-9,12-13H,4H2,1,3H3. The van der Waals surface area contributed by atoms with Crippen molar-refractivity contribution in [3.8, 4) is 12.3 Å². The van der Waals surface area contributed by atoms with Gasteiger partial charge >= 0.3 is 0 Å². The van der Waals surface area contributed by atoms with Crippen LogP contribution in [0.3, 0.4) is 0 Å². The molecule has 0 heterocycles. The molecule has 0 bridgehead atoms. The molecule has 0 aromatic heterocycles. The van der Waals surface area contributed by atoms with Crippen LogP contribution in [0.1, 0.15) is 24.1 Å². The van der Waals surface area contributed by atoms with E-state index < -0.39 is 0 Å². The average molecular weight is 173 g/mol. The van der Waals surface area contributed by atoms with Gasteiger partial charge < -0.3 is 5.32 Å². The lowest BCUT2D eigenvalue weighted by molar-refractivity contribution is 0.727. The Morgan fingerprint density at radius 2 is 2.15 bits per heavy atom. The van der Waals surface area contributed by atoms with Gasteiger partial charge in [-0.25, -0.2) is 0 Å². The van der Waals surface area contributed by atoms with Gasteiger partial charge in [0.15, 0.2) is 0 Å². The summed E-state index contributed by atoms with van der Waals surface area (Å²) in [5.41, 5.74) is 2.54. The first kappa shape index (κ1) is 9.83. The van der Waals surface area contributed by atoms with Gasteiger partial charge in [0.1, 0.15) is 0 Å². The van der Waals surface area contributed by atoms with Gasteiger partial charge in [-0.1, -0.05) is 37.1 Å². The van der Waals surface area contributed by atoms with Crippen molar-refractivity contribution < 1.29 is 0 Å². The van der Waals surface area contributed by atoms with Gasteiger partial charge in [-0.3, -0.25) is 0 Å². The lowest BCUT2D eigenvalue weighted by atomic mass is 9.99. The van der Waals surface area contributed by atoms with E-state index in [2.05, 4.69) is 30.3 Å². The van der Waals surface area contributed by atoms with Crippen molar-refractivity contribution in [2.75, 3.05) is 7.05 Å². The minimum absolute atomic E-state index is 0.0381. The molecule has 0 amide bonds. The Labute approximate surface area is 80.2 Å². The molecule has 68 valence electrons. The van der Waals surface area contributed by atoms with E-state index >= 15 is 0 Å². The van der Waals surface area contributed by atoms with Crippen LogP contribution in [0.2, 0.25) is 0 Å². The average Bonchev–Trinajstić information content (AvgIpc) is 2.20. The molecule has 0 aliphatic rings. The fourth-order valence-electron chi connectivity index (χ4n) is 1.47. The second-order valence-corrected chi connectivity index (χ2v) is 2.94. The number of nitrogens with one attached hydrogen (secondary N) is 1. The van der Waals surface area contributed by atoms with Crippen LogP contribution in [-0.2, 0) is 6.42 Å². The monoisotopic (exact) mass is 173 g/mol. The number of hydrogen-bond acceptors (Lipinski definition) is 1. The third-order valence-corrected chi connectivity index (χ3v) is 2.20. The van der Waals surface area contributed by atoms with Gasteiger partial charge in [-0.05, 0) is 24.6 Å². The van der Waals surface area contributed by atoms with Crippen LogP contribution in [-0.4, -0.2) is 7.05 Å². The minimum Gasteiger partial charge on any atom is -0.303 e. The molecule has 0 aliphatic heterocycles. The maximum Gasteiger partial charge on any atom is 0.0943 e. The molecule has 1 heteroatoms. The highest BCUT2D eigenvalue weighted by atomic mass is 14.9. The Morgan fingerprint density at radius 3 is 2.69 bits per heavy atom. The van der Waals surface area contributed by atoms with Crippen LogP contribution < -0.4 is 5.32 Å². The minimum atomic E-state index is 0.0381. The first-order chi connectivity index (χ1) is 6.33.